The molecule has 0 amide bonds. The third-order valence-corrected chi connectivity index (χ3v) is 2.39. The van der Waals surface area contributed by atoms with Gasteiger partial charge in [-0.05, 0) is 34.1 Å². The third kappa shape index (κ3) is 1.91. The van der Waals surface area contributed by atoms with Crippen molar-refractivity contribution in [1.29, 1.82) is 0 Å². The summed E-state index contributed by atoms with van der Waals surface area (Å²) in [5, 5.41) is 3.10. The van der Waals surface area contributed by atoms with Gasteiger partial charge in [0.1, 0.15) is 0 Å². The van der Waals surface area contributed by atoms with E-state index in [0.29, 0.717) is 0 Å². The van der Waals surface area contributed by atoms with Gasteiger partial charge in [-0.1, -0.05) is 0 Å². The predicted octanol–water partition coefficient (Wildman–Crippen LogP) is 2.56. The molecule has 1 aromatic carbocycles. The number of nitrogens with one attached hydrogen (secondary N) is 1. The predicted molar refractivity (Wildman–Crippen MR) is 58.0 cm³/mol. The molecule has 1 rings (SSSR count). The van der Waals surface area contributed by atoms with Crippen LogP contribution in [0, 0.1) is 0 Å². The molecule has 0 bridgehead atoms. The van der Waals surface area contributed by atoms with Crippen molar-refractivity contribution in [3.8, 4) is 0 Å². The molecule has 0 aliphatic rings. The summed E-state index contributed by atoms with van der Waals surface area (Å²) in [5.74, 6) is 0. The van der Waals surface area contributed by atoms with Gasteiger partial charge in [0.15, 0.2) is 0 Å². The normalized spacial score (nSPS) is 9.67. The van der Waals surface area contributed by atoms with E-state index in [1.165, 1.54) is 5.69 Å². The first-order valence-corrected chi connectivity index (χ1v) is 4.59. The third-order valence-electron chi connectivity index (χ3n) is 1.72. The topological polar surface area (TPSA) is 15.3 Å². The van der Waals surface area contributed by atoms with Crippen molar-refractivity contribution in [2.75, 3.05) is 31.4 Å². The van der Waals surface area contributed by atoms with E-state index in [9.17, 15) is 0 Å². The average Bonchev–Trinajstić information content (AvgIpc) is 2.05. The fraction of sp³-hybridized carbons (Fsp3) is 0.333. The minimum absolute atomic E-state index is 1.12. The van der Waals surface area contributed by atoms with Gasteiger partial charge in [-0.15, -0.1) is 0 Å². The molecule has 0 aromatic heterocycles. The van der Waals surface area contributed by atoms with E-state index in [4.69, 9.17) is 0 Å². The maximum atomic E-state index is 3.49. The minimum atomic E-state index is 1.12. The van der Waals surface area contributed by atoms with E-state index in [1.807, 2.05) is 33.3 Å². The van der Waals surface area contributed by atoms with Gasteiger partial charge in [-0.2, -0.15) is 0 Å². The van der Waals surface area contributed by atoms with Gasteiger partial charge in [0.25, 0.3) is 0 Å². The van der Waals surface area contributed by atoms with Crippen LogP contribution in [0.4, 0.5) is 11.4 Å². The first-order valence-electron chi connectivity index (χ1n) is 3.80. The smallest absolute Gasteiger partial charge is 0.0526 e. The van der Waals surface area contributed by atoms with Crippen LogP contribution in [0.1, 0.15) is 0 Å². The van der Waals surface area contributed by atoms with Crippen molar-refractivity contribution in [3.63, 3.8) is 0 Å². The van der Waals surface area contributed by atoms with Gasteiger partial charge in [-0.3, -0.25) is 0 Å². The lowest BCUT2D eigenvalue weighted by Crippen LogP contribution is -2.09. The van der Waals surface area contributed by atoms with Gasteiger partial charge >= 0.3 is 0 Å². The van der Waals surface area contributed by atoms with Gasteiger partial charge in [0.05, 0.1) is 5.69 Å². The fourth-order valence-electron chi connectivity index (χ4n) is 1.01. The van der Waals surface area contributed by atoms with Crippen molar-refractivity contribution >= 4 is 27.3 Å². The van der Waals surface area contributed by atoms with Crippen molar-refractivity contribution in [3.05, 3.63) is 22.7 Å². The Hall–Kier alpha value is -0.700. The number of hydrogen-bond donors (Lipinski definition) is 1. The van der Waals surface area contributed by atoms with Crippen LogP contribution in [0.2, 0.25) is 0 Å². The monoisotopic (exact) mass is 228 g/mol. The van der Waals surface area contributed by atoms with Crippen LogP contribution in [0.15, 0.2) is 22.7 Å². The molecule has 0 unspecified atom stereocenters. The second-order valence-electron chi connectivity index (χ2n) is 2.81. The molecule has 1 N–H and O–H groups in total. The van der Waals surface area contributed by atoms with Crippen LogP contribution in [-0.4, -0.2) is 21.1 Å². The quantitative estimate of drug-likeness (QED) is 0.838. The number of hydrogen-bond acceptors (Lipinski definition) is 2. The van der Waals surface area contributed by atoms with Gasteiger partial charge in [0, 0.05) is 31.3 Å². The summed E-state index contributed by atoms with van der Waals surface area (Å²) in [5.41, 5.74) is 2.31. The van der Waals surface area contributed by atoms with Crippen molar-refractivity contribution in [2.24, 2.45) is 0 Å². The Morgan fingerprint density at radius 2 is 2.00 bits per heavy atom. The highest BCUT2D eigenvalue weighted by Gasteiger charge is 2.01. The molecule has 2 nitrogen and oxygen atoms in total. The summed E-state index contributed by atoms with van der Waals surface area (Å²) in [6.07, 6.45) is 0. The van der Waals surface area contributed by atoms with E-state index >= 15 is 0 Å². The molecular formula is C9H13BrN2. The van der Waals surface area contributed by atoms with Crippen molar-refractivity contribution in [2.45, 2.75) is 0 Å². The molecule has 0 atom stereocenters. The van der Waals surface area contributed by atoms with E-state index in [0.717, 1.165) is 10.2 Å². The molecule has 0 heterocycles. The lowest BCUT2D eigenvalue weighted by Gasteiger charge is -2.15. The first kappa shape index (κ1) is 9.39. The van der Waals surface area contributed by atoms with E-state index in [2.05, 4.69) is 32.2 Å². The molecule has 66 valence electrons. The second-order valence-corrected chi connectivity index (χ2v) is 3.66. The van der Waals surface area contributed by atoms with Crippen molar-refractivity contribution < 1.29 is 0 Å². The number of nitrogens with zero attached hydrogens (tertiary/aromatic N) is 1. The molecule has 0 saturated heterocycles. The maximum absolute atomic E-state index is 3.49. The van der Waals surface area contributed by atoms with E-state index < -0.39 is 0 Å². The van der Waals surface area contributed by atoms with Crippen LogP contribution in [-0.2, 0) is 0 Å². The lowest BCUT2D eigenvalue weighted by atomic mass is 10.2. The molecular weight excluding hydrogens is 216 g/mol. The Labute approximate surface area is 81.7 Å². The van der Waals surface area contributed by atoms with Crippen LogP contribution in [0.25, 0.3) is 0 Å². The first-order chi connectivity index (χ1) is 5.65. The van der Waals surface area contributed by atoms with Gasteiger partial charge < -0.3 is 10.2 Å². The van der Waals surface area contributed by atoms with Gasteiger partial charge in [-0.25, -0.2) is 0 Å². The average molecular weight is 229 g/mol. The molecule has 0 spiro atoms. The summed E-state index contributed by atoms with van der Waals surface area (Å²) in [7, 11) is 5.97. The molecule has 0 saturated carbocycles. The summed E-state index contributed by atoms with van der Waals surface area (Å²) >= 11 is 3.49. The Morgan fingerprint density at radius 3 is 2.50 bits per heavy atom. The standard InChI is InChI=1S/C9H13BrN2/c1-11-7-4-5-8(10)9(6-7)12(2)3/h4-6,11H,1-3H3. The van der Waals surface area contributed by atoms with Crippen LogP contribution in [0.3, 0.4) is 0 Å². The number of benzene rings is 1. The Balaban J connectivity index is 3.08. The van der Waals surface area contributed by atoms with Crippen LogP contribution >= 0.6 is 15.9 Å². The Kier molecular flexibility index (Phi) is 2.98. The highest BCUT2D eigenvalue weighted by molar-refractivity contribution is 9.10. The van der Waals surface area contributed by atoms with Gasteiger partial charge in [0.2, 0.25) is 0 Å². The summed E-state index contributed by atoms with van der Waals surface area (Å²) in [4.78, 5) is 2.07. The fourth-order valence-corrected chi connectivity index (χ4v) is 1.61. The number of halogens is 1. The molecule has 3 heteroatoms. The summed E-state index contributed by atoms with van der Waals surface area (Å²) < 4.78 is 1.12. The zero-order valence-corrected chi connectivity index (χ0v) is 9.14. The van der Waals surface area contributed by atoms with E-state index in [1.54, 1.807) is 0 Å². The summed E-state index contributed by atoms with van der Waals surface area (Å²) in [6.45, 7) is 0. The minimum Gasteiger partial charge on any atom is -0.388 e. The SMILES string of the molecule is CNc1ccc(Br)c(N(C)C)c1. The number of rotatable bonds is 2. The largest absolute Gasteiger partial charge is 0.388 e. The Morgan fingerprint density at radius 1 is 1.33 bits per heavy atom. The second kappa shape index (κ2) is 3.81. The molecule has 0 radical (unpaired) electrons. The van der Waals surface area contributed by atoms with E-state index in [-0.39, 0.29) is 0 Å². The molecule has 1 aromatic rings. The lowest BCUT2D eigenvalue weighted by molar-refractivity contribution is 1.12. The molecule has 0 aliphatic heterocycles. The maximum Gasteiger partial charge on any atom is 0.0526 e. The molecule has 0 fully saturated rings. The van der Waals surface area contributed by atoms with Crippen molar-refractivity contribution in [1.82, 2.24) is 0 Å². The van der Waals surface area contributed by atoms with Crippen LogP contribution < -0.4 is 10.2 Å². The highest BCUT2D eigenvalue weighted by Crippen LogP contribution is 2.27. The molecule has 0 aliphatic carbocycles. The van der Waals surface area contributed by atoms with Crippen LogP contribution in [0.5, 0.6) is 0 Å². The molecule has 12 heavy (non-hydrogen) atoms. The Bertz CT molecular complexity index is 271. The summed E-state index contributed by atoms with van der Waals surface area (Å²) in [6, 6.07) is 6.18. The zero-order valence-electron chi connectivity index (χ0n) is 7.56. The highest BCUT2D eigenvalue weighted by atomic mass is 79.9. The number of anilines is 2. The zero-order chi connectivity index (χ0) is 9.14.